The molecule has 0 aliphatic carbocycles. The molecule has 16 heavy (non-hydrogen) atoms. The van der Waals surface area contributed by atoms with Gasteiger partial charge in [-0.3, -0.25) is 4.39 Å². The van der Waals surface area contributed by atoms with E-state index in [1.165, 1.54) is 5.56 Å². The van der Waals surface area contributed by atoms with Crippen molar-refractivity contribution in [2.45, 2.75) is 19.3 Å². The van der Waals surface area contributed by atoms with Gasteiger partial charge in [0.15, 0.2) is 0 Å². The van der Waals surface area contributed by atoms with Crippen LogP contribution in [0.15, 0.2) is 30.3 Å². The lowest BCUT2D eigenvalue weighted by molar-refractivity contribution is 0.302. The van der Waals surface area contributed by atoms with E-state index in [1.807, 2.05) is 18.2 Å². The molecule has 2 atom stereocenters. The highest BCUT2D eigenvalue weighted by Gasteiger charge is 2.32. The van der Waals surface area contributed by atoms with Crippen molar-refractivity contribution in [3.05, 3.63) is 35.9 Å². The standard InChI is InChI=1S/C14H20FN/c1-2-8-16-10-13(9-15)14(11-16)12-6-4-3-5-7-12/h3-7,13-14H,2,8-11H2,1H3/t13-,14+/m0/s1. The van der Waals surface area contributed by atoms with Crippen LogP contribution in [0.3, 0.4) is 0 Å². The Bertz CT molecular complexity index is 312. The topological polar surface area (TPSA) is 3.24 Å². The smallest absolute Gasteiger partial charge is 0.0941 e. The van der Waals surface area contributed by atoms with Crippen LogP contribution in [0.5, 0.6) is 0 Å². The van der Waals surface area contributed by atoms with Crippen LogP contribution in [-0.4, -0.2) is 31.2 Å². The number of halogens is 1. The van der Waals surface area contributed by atoms with Crippen LogP contribution in [0.25, 0.3) is 0 Å². The molecule has 1 fully saturated rings. The zero-order chi connectivity index (χ0) is 11.4. The number of benzene rings is 1. The van der Waals surface area contributed by atoms with Crippen molar-refractivity contribution in [2.75, 3.05) is 26.3 Å². The number of rotatable bonds is 4. The largest absolute Gasteiger partial charge is 0.302 e. The molecule has 1 saturated heterocycles. The normalized spacial score (nSPS) is 26.1. The van der Waals surface area contributed by atoms with E-state index in [-0.39, 0.29) is 12.6 Å². The van der Waals surface area contributed by atoms with Crippen LogP contribution >= 0.6 is 0 Å². The monoisotopic (exact) mass is 221 g/mol. The molecule has 0 radical (unpaired) electrons. The van der Waals surface area contributed by atoms with Crippen LogP contribution in [0.4, 0.5) is 4.39 Å². The first-order chi connectivity index (χ1) is 7.85. The maximum absolute atomic E-state index is 13.0. The second-order valence-electron chi connectivity index (χ2n) is 4.69. The number of hydrogen-bond donors (Lipinski definition) is 0. The van der Waals surface area contributed by atoms with Crippen LogP contribution in [0.1, 0.15) is 24.8 Å². The fourth-order valence-corrected chi connectivity index (χ4v) is 2.69. The van der Waals surface area contributed by atoms with Gasteiger partial charge in [-0.1, -0.05) is 37.3 Å². The molecule has 2 rings (SSSR count). The van der Waals surface area contributed by atoms with Crippen molar-refractivity contribution in [3.63, 3.8) is 0 Å². The summed E-state index contributed by atoms with van der Waals surface area (Å²) < 4.78 is 13.0. The van der Waals surface area contributed by atoms with Gasteiger partial charge >= 0.3 is 0 Å². The average molecular weight is 221 g/mol. The SMILES string of the molecule is CCCN1C[C@H](CF)[C@@H](c2ccccc2)C1. The Morgan fingerprint density at radius 1 is 1.25 bits per heavy atom. The van der Waals surface area contributed by atoms with Gasteiger partial charge in [-0.2, -0.15) is 0 Å². The summed E-state index contributed by atoms with van der Waals surface area (Å²) >= 11 is 0. The zero-order valence-electron chi connectivity index (χ0n) is 9.90. The maximum atomic E-state index is 13.0. The molecule has 0 spiro atoms. The second kappa shape index (κ2) is 5.44. The highest BCUT2D eigenvalue weighted by atomic mass is 19.1. The minimum atomic E-state index is -0.195. The van der Waals surface area contributed by atoms with E-state index in [4.69, 9.17) is 0 Å². The Morgan fingerprint density at radius 3 is 2.62 bits per heavy atom. The van der Waals surface area contributed by atoms with Crippen molar-refractivity contribution in [3.8, 4) is 0 Å². The molecule has 1 aliphatic heterocycles. The van der Waals surface area contributed by atoms with Gasteiger partial charge in [0.25, 0.3) is 0 Å². The molecular weight excluding hydrogens is 201 g/mol. The first-order valence-corrected chi connectivity index (χ1v) is 6.18. The van der Waals surface area contributed by atoms with Gasteiger partial charge in [-0.15, -0.1) is 0 Å². The average Bonchev–Trinajstić information content (AvgIpc) is 2.74. The predicted octanol–water partition coefficient (Wildman–Crippen LogP) is 3.08. The van der Waals surface area contributed by atoms with Crippen LogP contribution in [-0.2, 0) is 0 Å². The van der Waals surface area contributed by atoms with E-state index in [1.54, 1.807) is 0 Å². The molecule has 1 heterocycles. The minimum Gasteiger partial charge on any atom is -0.302 e. The van der Waals surface area contributed by atoms with Crippen LogP contribution in [0.2, 0.25) is 0 Å². The maximum Gasteiger partial charge on any atom is 0.0941 e. The second-order valence-corrected chi connectivity index (χ2v) is 4.69. The third kappa shape index (κ3) is 2.43. The lowest BCUT2D eigenvalue weighted by atomic mass is 9.90. The van der Waals surface area contributed by atoms with Crippen molar-refractivity contribution >= 4 is 0 Å². The molecule has 0 unspecified atom stereocenters. The Hall–Kier alpha value is -0.890. The predicted molar refractivity (Wildman–Crippen MR) is 65.4 cm³/mol. The minimum absolute atomic E-state index is 0.189. The van der Waals surface area contributed by atoms with E-state index >= 15 is 0 Å². The van der Waals surface area contributed by atoms with E-state index < -0.39 is 0 Å². The zero-order valence-corrected chi connectivity index (χ0v) is 9.90. The first-order valence-electron chi connectivity index (χ1n) is 6.18. The van der Waals surface area contributed by atoms with Gasteiger partial charge in [0.2, 0.25) is 0 Å². The molecule has 0 amide bonds. The molecule has 1 nitrogen and oxygen atoms in total. The van der Waals surface area contributed by atoms with Crippen molar-refractivity contribution in [2.24, 2.45) is 5.92 Å². The van der Waals surface area contributed by atoms with Gasteiger partial charge in [0.1, 0.15) is 0 Å². The van der Waals surface area contributed by atoms with Gasteiger partial charge in [-0.05, 0) is 18.5 Å². The van der Waals surface area contributed by atoms with Gasteiger partial charge in [-0.25, -0.2) is 0 Å². The van der Waals surface area contributed by atoms with Crippen molar-refractivity contribution in [1.29, 1.82) is 0 Å². The highest BCUT2D eigenvalue weighted by Crippen LogP contribution is 2.32. The summed E-state index contributed by atoms with van der Waals surface area (Å²) in [5, 5.41) is 0. The van der Waals surface area contributed by atoms with Crippen LogP contribution < -0.4 is 0 Å². The quantitative estimate of drug-likeness (QED) is 0.755. The summed E-state index contributed by atoms with van der Waals surface area (Å²) in [6, 6.07) is 10.4. The number of nitrogens with zero attached hydrogens (tertiary/aromatic N) is 1. The molecule has 0 saturated carbocycles. The summed E-state index contributed by atoms with van der Waals surface area (Å²) in [7, 11) is 0. The fraction of sp³-hybridized carbons (Fsp3) is 0.571. The van der Waals surface area contributed by atoms with Crippen molar-refractivity contribution < 1.29 is 4.39 Å². The lowest BCUT2D eigenvalue weighted by Crippen LogP contribution is -2.21. The van der Waals surface area contributed by atoms with Gasteiger partial charge < -0.3 is 4.90 Å². The molecule has 1 aliphatic rings. The molecule has 0 aromatic heterocycles. The van der Waals surface area contributed by atoms with Gasteiger partial charge in [0.05, 0.1) is 6.67 Å². The molecule has 2 heteroatoms. The lowest BCUT2D eigenvalue weighted by Gasteiger charge is -2.15. The molecule has 0 N–H and O–H groups in total. The summed E-state index contributed by atoms with van der Waals surface area (Å²) in [5.41, 5.74) is 1.30. The Kier molecular flexibility index (Phi) is 3.94. The molecule has 1 aromatic rings. The van der Waals surface area contributed by atoms with Gasteiger partial charge in [0, 0.05) is 24.9 Å². The third-order valence-corrected chi connectivity index (χ3v) is 3.48. The van der Waals surface area contributed by atoms with E-state index in [0.29, 0.717) is 5.92 Å². The summed E-state index contributed by atoms with van der Waals surface area (Å²) in [6.07, 6.45) is 1.15. The number of alkyl halides is 1. The Labute approximate surface area is 97.3 Å². The molecule has 88 valence electrons. The van der Waals surface area contributed by atoms with Crippen molar-refractivity contribution in [1.82, 2.24) is 4.90 Å². The first kappa shape index (κ1) is 11.6. The molecule has 1 aromatic carbocycles. The molecular formula is C14H20FN. The van der Waals surface area contributed by atoms with E-state index in [0.717, 1.165) is 26.1 Å². The van der Waals surface area contributed by atoms with E-state index in [9.17, 15) is 4.39 Å². The number of likely N-dealkylation sites (tertiary alicyclic amines) is 1. The summed E-state index contributed by atoms with van der Waals surface area (Å²) in [6.45, 7) is 5.02. The molecule has 0 bridgehead atoms. The summed E-state index contributed by atoms with van der Waals surface area (Å²) in [4.78, 5) is 2.39. The van der Waals surface area contributed by atoms with Crippen LogP contribution in [0, 0.1) is 5.92 Å². The summed E-state index contributed by atoms with van der Waals surface area (Å²) in [5.74, 6) is 0.576. The Balaban J connectivity index is 2.09. The Morgan fingerprint density at radius 2 is 2.00 bits per heavy atom. The highest BCUT2D eigenvalue weighted by molar-refractivity contribution is 5.22. The fourth-order valence-electron chi connectivity index (χ4n) is 2.69. The number of hydrogen-bond acceptors (Lipinski definition) is 1. The third-order valence-electron chi connectivity index (χ3n) is 3.48. The van der Waals surface area contributed by atoms with E-state index in [2.05, 4.69) is 24.0 Å².